The molecule has 6 unspecified atom stereocenters. The second-order valence-corrected chi connectivity index (χ2v) is 15.0. The number of benzene rings is 1. The van der Waals surface area contributed by atoms with Gasteiger partial charge in [0.25, 0.3) is 0 Å². The highest BCUT2D eigenvalue weighted by atomic mass is 14.5. The van der Waals surface area contributed by atoms with Gasteiger partial charge >= 0.3 is 0 Å². The Morgan fingerprint density at radius 1 is 0.689 bits per heavy atom. The molecule has 1 aromatic carbocycles. The van der Waals surface area contributed by atoms with Crippen LogP contribution in [-0.4, -0.2) is 0 Å². The van der Waals surface area contributed by atoms with Crippen LogP contribution in [0.1, 0.15) is 63.5 Å². The van der Waals surface area contributed by atoms with Crippen molar-refractivity contribution in [2.24, 2.45) is 35.5 Å². The monoisotopic (exact) mass is 584 g/mol. The Morgan fingerprint density at radius 3 is 2.47 bits per heavy atom. The van der Waals surface area contributed by atoms with E-state index in [1.54, 1.807) is 27.9 Å². The van der Waals surface area contributed by atoms with E-state index >= 15 is 0 Å². The van der Waals surface area contributed by atoms with Crippen LogP contribution in [0.3, 0.4) is 0 Å². The summed E-state index contributed by atoms with van der Waals surface area (Å²) < 4.78 is 0. The number of rotatable bonds is 1. The fraction of sp³-hybridized carbons (Fsp3) is 0.333. The zero-order valence-corrected chi connectivity index (χ0v) is 26.8. The number of allylic oxidation sites excluding steroid dienone is 24. The van der Waals surface area contributed by atoms with Gasteiger partial charge in [-0.2, -0.15) is 0 Å². The molecule has 0 aromatic heterocycles. The molecule has 0 nitrogen and oxygen atoms in total. The average Bonchev–Trinajstić information content (AvgIpc) is 3.31. The second-order valence-electron chi connectivity index (χ2n) is 15.0. The molecule has 8 aliphatic rings. The first-order valence-corrected chi connectivity index (χ1v) is 17.5. The van der Waals surface area contributed by atoms with Crippen LogP contribution in [0.15, 0.2) is 160 Å². The van der Waals surface area contributed by atoms with Crippen LogP contribution in [0.4, 0.5) is 0 Å². The normalized spacial score (nSPS) is 33.5. The van der Waals surface area contributed by atoms with E-state index in [0.717, 1.165) is 25.7 Å². The minimum Gasteiger partial charge on any atom is -0.0842 e. The van der Waals surface area contributed by atoms with Gasteiger partial charge in [0, 0.05) is 11.8 Å². The van der Waals surface area contributed by atoms with Gasteiger partial charge in [-0.1, -0.05) is 135 Å². The van der Waals surface area contributed by atoms with Gasteiger partial charge in [0.15, 0.2) is 0 Å². The van der Waals surface area contributed by atoms with Gasteiger partial charge in [-0.05, 0) is 123 Å². The van der Waals surface area contributed by atoms with Gasteiger partial charge in [0.05, 0.1) is 0 Å². The first-order valence-electron chi connectivity index (χ1n) is 17.5. The number of hydrogen-bond donors (Lipinski definition) is 0. The molecule has 224 valence electrons. The molecule has 0 saturated heterocycles. The summed E-state index contributed by atoms with van der Waals surface area (Å²) in [4.78, 5) is 0. The molecule has 2 bridgehead atoms. The molecule has 0 aliphatic heterocycles. The fourth-order valence-electron chi connectivity index (χ4n) is 10.0. The van der Waals surface area contributed by atoms with Gasteiger partial charge in [-0.15, -0.1) is 0 Å². The standard InChI is InChI=1S/C45H44/c1-45(2)43-21-10-9-18-39(43)42-27-31(23-25-44(42)45)30-22-24-34-32-14-4-3-12-29-13-5-6-15-33(29)35-16-7-8-17-36(35)37-19-11-20-38(40(34)26-30)41(37)28-32/h4-11,14-16,18,20-24,26-29,34,36-37,40,44H,3,12-13,17,19,25H2,1-2H3. The first-order chi connectivity index (χ1) is 22.1. The highest BCUT2D eigenvalue weighted by Gasteiger charge is 2.44. The van der Waals surface area contributed by atoms with Crippen molar-refractivity contribution in [1.29, 1.82) is 0 Å². The molecule has 0 fully saturated rings. The summed E-state index contributed by atoms with van der Waals surface area (Å²) >= 11 is 0. The van der Waals surface area contributed by atoms with Crippen molar-refractivity contribution in [3.05, 3.63) is 172 Å². The minimum absolute atomic E-state index is 0.178. The predicted octanol–water partition coefficient (Wildman–Crippen LogP) is 11.2. The van der Waals surface area contributed by atoms with Crippen LogP contribution < -0.4 is 0 Å². The van der Waals surface area contributed by atoms with Crippen LogP contribution in [0, 0.1) is 35.5 Å². The van der Waals surface area contributed by atoms with Crippen molar-refractivity contribution in [1.82, 2.24) is 0 Å². The maximum absolute atomic E-state index is 2.64. The van der Waals surface area contributed by atoms with Gasteiger partial charge in [0.2, 0.25) is 0 Å². The van der Waals surface area contributed by atoms with Crippen LogP contribution in [0.2, 0.25) is 0 Å². The molecule has 0 heterocycles. The van der Waals surface area contributed by atoms with Gasteiger partial charge in [-0.25, -0.2) is 0 Å². The summed E-state index contributed by atoms with van der Waals surface area (Å²) in [6, 6.07) is 9.13. The number of hydrogen-bond acceptors (Lipinski definition) is 0. The summed E-state index contributed by atoms with van der Waals surface area (Å²) in [6.45, 7) is 4.88. The van der Waals surface area contributed by atoms with Crippen molar-refractivity contribution >= 4 is 5.57 Å². The van der Waals surface area contributed by atoms with E-state index in [1.807, 2.05) is 0 Å². The third-order valence-electron chi connectivity index (χ3n) is 12.4. The molecule has 8 aliphatic carbocycles. The van der Waals surface area contributed by atoms with Gasteiger partial charge < -0.3 is 0 Å². The Hall–Kier alpha value is -3.90. The highest BCUT2D eigenvalue weighted by Crippen LogP contribution is 2.55. The van der Waals surface area contributed by atoms with Crippen LogP contribution in [-0.2, 0) is 5.41 Å². The molecule has 0 N–H and O–H groups in total. The number of fused-ring (bicyclic) bond motifs is 10. The maximum Gasteiger partial charge on any atom is 0.0133 e. The zero-order chi connectivity index (χ0) is 30.1. The summed E-state index contributed by atoms with van der Waals surface area (Å²) in [5, 5.41) is 0. The lowest BCUT2D eigenvalue weighted by Gasteiger charge is -2.42. The topological polar surface area (TPSA) is 0 Å². The molecular formula is C45H44. The van der Waals surface area contributed by atoms with Gasteiger partial charge in [0.1, 0.15) is 0 Å². The smallest absolute Gasteiger partial charge is 0.0133 e. The van der Waals surface area contributed by atoms with E-state index in [2.05, 4.69) is 135 Å². The quantitative estimate of drug-likeness (QED) is 0.308. The van der Waals surface area contributed by atoms with Crippen LogP contribution in [0.25, 0.3) is 5.57 Å². The highest BCUT2D eigenvalue weighted by molar-refractivity contribution is 5.82. The third kappa shape index (κ3) is 4.32. The SMILES string of the molecule is CC1(C)c2ccccc2C2=CC(C3=CC4C5=C6C=C(C=CCCC7CC=CC=C7C7=CC=CCC7C6CC=C5)C4C=C3)=CCC21. The van der Waals surface area contributed by atoms with Crippen LogP contribution >= 0.6 is 0 Å². The molecule has 0 heteroatoms. The molecule has 9 rings (SSSR count). The molecule has 0 radical (unpaired) electrons. The Balaban J connectivity index is 1.12. The minimum atomic E-state index is 0.178. The summed E-state index contributed by atoms with van der Waals surface area (Å²) in [7, 11) is 0. The Kier molecular flexibility index (Phi) is 6.45. The Morgan fingerprint density at radius 2 is 1.53 bits per heavy atom. The van der Waals surface area contributed by atoms with Crippen molar-refractivity contribution in [2.45, 2.75) is 57.8 Å². The molecule has 1 aromatic rings. The molecule has 45 heavy (non-hydrogen) atoms. The van der Waals surface area contributed by atoms with Crippen molar-refractivity contribution in [2.75, 3.05) is 0 Å². The Labute approximate surface area is 269 Å². The molecule has 0 amide bonds. The lowest BCUT2D eigenvalue weighted by Crippen LogP contribution is -2.30. The summed E-state index contributed by atoms with van der Waals surface area (Å²) in [6.07, 6.45) is 46.5. The van der Waals surface area contributed by atoms with E-state index in [-0.39, 0.29) is 5.41 Å². The Bertz CT molecular complexity index is 1840. The summed E-state index contributed by atoms with van der Waals surface area (Å²) in [5.41, 5.74) is 15.4. The first kappa shape index (κ1) is 27.4. The average molecular weight is 585 g/mol. The lowest BCUT2D eigenvalue weighted by molar-refractivity contribution is 0.414. The van der Waals surface area contributed by atoms with E-state index in [0.29, 0.717) is 35.5 Å². The van der Waals surface area contributed by atoms with E-state index in [1.165, 1.54) is 40.7 Å². The van der Waals surface area contributed by atoms with E-state index in [9.17, 15) is 0 Å². The van der Waals surface area contributed by atoms with Crippen LogP contribution in [0.5, 0.6) is 0 Å². The molecular weight excluding hydrogens is 540 g/mol. The fourth-order valence-corrected chi connectivity index (χ4v) is 10.0. The molecule has 0 spiro atoms. The predicted molar refractivity (Wildman–Crippen MR) is 189 cm³/mol. The van der Waals surface area contributed by atoms with Crippen molar-refractivity contribution < 1.29 is 0 Å². The largest absolute Gasteiger partial charge is 0.0842 e. The van der Waals surface area contributed by atoms with Gasteiger partial charge in [-0.3, -0.25) is 0 Å². The zero-order valence-electron chi connectivity index (χ0n) is 26.8. The maximum atomic E-state index is 2.64. The lowest BCUT2D eigenvalue weighted by atomic mass is 9.62. The summed E-state index contributed by atoms with van der Waals surface area (Å²) in [5.74, 6) is 3.04. The van der Waals surface area contributed by atoms with E-state index < -0.39 is 0 Å². The third-order valence-corrected chi connectivity index (χ3v) is 12.4. The van der Waals surface area contributed by atoms with E-state index in [4.69, 9.17) is 0 Å². The second kappa shape index (κ2) is 10.6. The molecule has 0 saturated carbocycles. The van der Waals surface area contributed by atoms with Crippen molar-refractivity contribution in [3.63, 3.8) is 0 Å². The van der Waals surface area contributed by atoms with Crippen molar-refractivity contribution in [3.8, 4) is 0 Å². The molecule has 6 atom stereocenters.